The third-order valence-corrected chi connectivity index (χ3v) is 0.175. The minimum absolute atomic E-state index is 0. The minimum atomic E-state index is -0.981. The van der Waals surface area contributed by atoms with E-state index in [2.05, 4.69) is 6.58 Å². The Bertz CT molecular complexity index is 72.6. The topological polar surface area (TPSA) is 60.4 Å². The van der Waals surface area contributed by atoms with Gasteiger partial charge < -0.3 is 10.2 Å². The third-order valence-electron chi connectivity index (χ3n) is 0.175. The van der Waals surface area contributed by atoms with Gasteiger partial charge >= 0.3 is 35.5 Å². The number of hydrogen-bond donors (Lipinski definition) is 1. The average molecular weight is 140 g/mol. The number of carboxylic acid groups (broad SMARTS) is 1. The molecule has 4 heteroatoms. The van der Waals surface area contributed by atoms with Crippen LogP contribution in [-0.4, -0.2) is 17.7 Å². The van der Waals surface area contributed by atoms with Crippen LogP contribution in [-0.2, 0) is 4.79 Å². The maximum absolute atomic E-state index is 9.25. The molecule has 0 unspecified atom stereocenters. The summed E-state index contributed by atoms with van der Waals surface area (Å²) in [6.45, 7) is 4.53. The summed E-state index contributed by atoms with van der Waals surface area (Å²) >= 11 is 0. The molecule has 0 bridgehead atoms. The van der Waals surface area contributed by atoms with Crippen molar-refractivity contribution < 1.29 is 44.6 Å². The summed E-state index contributed by atoms with van der Waals surface area (Å²) in [5.74, 6) is -0.981. The SMILES string of the molecule is C=CC(=O)O.CC[O-].[Na+]. The van der Waals surface area contributed by atoms with Gasteiger partial charge in [-0.15, -0.1) is 6.61 Å². The van der Waals surface area contributed by atoms with Gasteiger partial charge in [0.1, 0.15) is 0 Å². The summed E-state index contributed by atoms with van der Waals surface area (Å²) in [6, 6.07) is 0. The predicted octanol–water partition coefficient (Wildman–Crippen LogP) is -3.37. The quantitative estimate of drug-likeness (QED) is 0.305. The van der Waals surface area contributed by atoms with Crippen molar-refractivity contribution in [2.75, 3.05) is 6.61 Å². The first-order valence-electron chi connectivity index (χ1n) is 2.12. The number of rotatable bonds is 1. The van der Waals surface area contributed by atoms with Gasteiger partial charge in [0, 0.05) is 6.08 Å². The zero-order chi connectivity index (χ0) is 6.99. The zero-order valence-corrected chi connectivity index (χ0v) is 7.76. The van der Waals surface area contributed by atoms with Crippen molar-refractivity contribution in [1.29, 1.82) is 0 Å². The summed E-state index contributed by atoms with van der Waals surface area (Å²) in [6.07, 6.45) is 0.833. The molecule has 0 aromatic heterocycles. The molecule has 0 heterocycles. The summed E-state index contributed by atoms with van der Waals surface area (Å²) in [4.78, 5) is 9.25. The van der Waals surface area contributed by atoms with E-state index in [1.165, 1.54) is 0 Å². The molecule has 0 aliphatic carbocycles. The average Bonchev–Trinajstić information content (AvgIpc) is 1.69. The first kappa shape index (κ1) is 16.1. The second-order valence-electron chi connectivity index (χ2n) is 0.831. The van der Waals surface area contributed by atoms with Crippen molar-refractivity contribution in [1.82, 2.24) is 0 Å². The first-order chi connectivity index (χ1) is 3.68. The molecule has 0 aromatic rings. The molecule has 0 radical (unpaired) electrons. The molecule has 3 nitrogen and oxygen atoms in total. The minimum Gasteiger partial charge on any atom is -0.855 e. The summed E-state index contributed by atoms with van der Waals surface area (Å²) in [5.41, 5.74) is 0. The molecule has 0 aliphatic heterocycles. The summed E-state index contributed by atoms with van der Waals surface area (Å²) in [7, 11) is 0. The van der Waals surface area contributed by atoms with Gasteiger partial charge in [-0.05, 0) is 0 Å². The Labute approximate surface area is 76.7 Å². The van der Waals surface area contributed by atoms with Crippen molar-refractivity contribution in [2.24, 2.45) is 0 Å². The summed E-state index contributed by atoms with van der Waals surface area (Å²) in [5, 5.41) is 16.5. The Morgan fingerprint density at radius 2 is 2.00 bits per heavy atom. The normalized spacial score (nSPS) is 5.56. The fourth-order valence-electron chi connectivity index (χ4n) is 0. The van der Waals surface area contributed by atoms with Crippen molar-refractivity contribution in [3.8, 4) is 0 Å². The molecule has 0 aromatic carbocycles. The molecular formula is C5H9NaO3. The van der Waals surface area contributed by atoms with Gasteiger partial charge in [0.15, 0.2) is 0 Å². The molecule has 0 atom stereocenters. The van der Waals surface area contributed by atoms with Crippen LogP contribution in [0.5, 0.6) is 0 Å². The number of aliphatic carboxylic acids is 1. The van der Waals surface area contributed by atoms with Gasteiger partial charge in [-0.2, -0.15) is 0 Å². The van der Waals surface area contributed by atoms with Crippen LogP contribution in [0.4, 0.5) is 0 Å². The van der Waals surface area contributed by atoms with Crippen molar-refractivity contribution in [3.05, 3.63) is 12.7 Å². The number of hydrogen-bond acceptors (Lipinski definition) is 2. The van der Waals surface area contributed by atoms with E-state index in [0.717, 1.165) is 6.08 Å². The van der Waals surface area contributed by atoms with Crippen LogP contribution in [0.15, 0.2) is 12.7 Å². The van der Waals surface area contributed by atoms with Crippen LogP contribution in [0.25, 0.3) is 0 Å². The van der Waals surface area contributed by atoms with Crippen molar-refractivity contribution in [2.45, 2.75) is 6.92 Å². The van der Waals surface area contributed by atoms with Gasteiger partial charge in [-0.1, -0.05) is 13.5 Å². The molecule has 48 valence electrons. The third kappa shape index (κ3) is 66.1. The predicted molar refractivity (Wildman–Crippen MR) is 28.4 cm³/mol. The maximum atomic E-state index is 9.25. The fraction of sp³-hybridized carbons (Fsp3) is 0.400. The van der Waals surface area contributed by atoms with Crippen molar-refractivity contribution >= 4 is 5.97 Å². The molecule has 9 heavy (non-hydrogen) atoms. The Balaban J connectivity index is -0.0000000800. The first-order valence-corrected chi connectivity index (χ1v) is 2.12. The Hall–Kier alpha value is 0.170. The molecule has 0 amide bonds. The van der Waals surface area contributed by atoms with E-state index in [1.807, 2.05) is 0 Å². The van der Waals surface area contributed by atoms with Gasteiger partial charge in [0.05, 0.1) is 0 Å². The molecule has 0 fully saturated rings. The van der Waals surface area contributed by atoms with Gasteiger partial charge in [0.25, 0.3) is 0 Å². The van der Waals surface area contributed by atoms with E-state index in [4.69, 9.17) is 10.2 Å². The smallest absolute Gasteiger partial charge is 0.855 e. The fourth-order valence-corrected chi connectivity index (χ4v) is 0. The second kappa shape index (κ2) is 15.7. The van der Waals surface area contributed by atoms with Gasteiger partial charge in [-0.3, -0.25) is 0 Å². The van der Waals surface area contributed by atoms with Gasteiger partial charge in [0.2, 0.25) is 0 Å². The molecule has 0 rings (SSSR count). The summed E-state index contributed by atoms with van der Waals surface area (Å²) < 4.78 is 0. The van der Waals surface area contributed by atoms with Crippen LogP contribution in [0.1, 0.15) is 6.92 Å². The molecule has 0 saturated carbocycles. The van der Waals surface area contributed by atoms with E-state index < -0.39 is 5.97 Å². The van der Waals surface area contributed by atoms with Crippen LogP contribution in [0, 0.1) is 0 Å². The standard InChI is InChI=1S/C3H4O2.C2H5O.Na/c1-2-3(4)5;1-2-3;/h2H,1H2,(H,4,5);2H2,1H3;/q;-1;+1. The monoisotopic (exact) mass is 140 g/mol. The molecule has 1 N–H and O–H groups in total. The molecular weight excluding hydrogens is 131 g/mol. The zero-order valence-electron chi connectivity index (χ0n) is 5.76. The number of carbonyl (C=O) groups is 1. The van der Waals surface area contributed by atoms with E-state index in [-0.39, 0.29) is 36.2 Å². The van der Waals surface area contributed by atoms with Crippen LogP contribution >= 0.6 is 0 Å². The van der Waals surface area contributed by atoms with Crippen LogP contribution in [0.3, 0.4) is 0 Å². The second-order valence-corrected chi connectivity index (χ2v) is 0.831. The van der Waals surface area contributed by atoms with E-state index in [0.29, 0.717) is 0 Å². The molecule has 0 spiro atoms. The van der Waals surface area contributed by atoms with E-state index in [9.17, 15) is 4.79 Å². The maximum Gasteiger partial charge on any atom is 1.00 e. The largest absolute Gasteiger partial charge is 1.00 e. The van der Waals surface area contributed by atoms with Crippen LogP contribution in [0.2, 0.25) is 0 Å². The Morgan fingerprint density at radius 3 is 2.00 bits per heavy atom. The van der Waals surface area contributed by atoms with E-state index in [1.54, 1.807) is 6.92 Å². The molecule has 0 aliphatic rings. The van der Waals surface area contributed by atoms with Crippen molar-refractivity contribution in [3.63, 3.8) is 0 Å². The van der Waals surface area contributed by atoms with Gasteiger partial charge in [-0.25, -0.2) is 4.79 Å². The number of carboxylic acids is 1. The van der Waals surface area contributed by atoms with E-state index >= 15 is 0 Å². The Morgan fingerprint density at radius 1 is 1.89 bits per heavy atom. The Kier molecular flexibility index (Phi) is 28.1. The molecule has 0 saturated heterocycles. The van der Waals surface area contributed by atoms with Crippen LogP contribution < -0.4 is 34.7 Å².